The van der Waals surface area contributed by atoms with Gasteiger partial charge in [-0.05, 0) is 38.5 Å². The lowest BCUT2D eigenvalue weighted by Crippen LogP contribution is -2.05. The zero-order chi connectivity index (χ0) is 17.7. The van der Waals surface area contributed by atoms with Gasteiger partial charge in [0.2, 0.25) is 0 Å². The molecule has 0 spiro atoms. The van der Waals surface area contributed by atoms with E-state index in [2.05, 4.69) is 26.0 Å². The predicted octanol–water partition coefficient (Wildman–Crippen LogP) is 7.97. The maximum absolute atomic E-state index is 9.93. The van der Waals surface area contributed by atoms with Crippen LogP contribution in [-0.4, -0.2) is 11.2 Å². The Morgan fingerprint density at radius 3 is 1.42 bits per heavy atom. The molecule has 0 bridgehead atoms. The van der Waals surface area contributed by atoms with Crippen molar-refractivity contribution < 1.29 is 5.11 Å². The number of hydrogen-bond acceptors (Lipinski definition) is 1. The topological polar surface area (TPSA) is 20.2 Å². The Morgan fingerprint density at radius 1 is 0.542 bits per heavy atom. The molecule has 0 aromatic carbocycles. The van der Waals surface area contributed by atoms with E-state index in [1.54, 1.807) is 0 Å². The summed E-state index contributed by atoms with van der Waals surface area (Å²) in [6.45, 7) is 4.51. The largest absolute Gasteiger partial charge is 0.393 e. The summed E-state index contributed by atoms with van der Waals surface area (Å²) in [7, 11) is 0. The monoisotopic (exact) mass is 338 g/mol. The summed E-state index contributed by atoms with van der Waals surface area (Å²) in [5.41, 5.74) is 0. The smallest absolute Gasteiger partial charge is 0.0540 e. The highest BCUT2D eigenvalue weighted by molar-refractivity contribution is 4.81. The van der Waals surface area contributed by atoms with Crippen LogP contribution in [0.4, 0.5) is 0 Å². The molecule has 0 saturated carbocycles. The molecule has 24 heavy (non-hydrogen) atoms. The number of aliphatic hydroxyl groups is 1. The highest BCUT2D eigenvalue weighted by Crippen LogP contribution is 2.14. The second-order valence-electron chi connectivity index (χ2n) is 7.52. The fourth-order valence-corrected chi connectivity index (χ4v) is 3.23. The van der Waals surface area contributed by atoms with E-state index >= 15 is 0 Å². The van der Waals surface area contributed by atoms with E-state index < -0.39 is 0 Å². The Bertz CT molecular complexity index is 246. The summed E-state index contributed by atoms with van der Waals surface area (Å²) in [6, 6.07) is 0. The number of unbranched alkanes of at least 4 members (excludes halogenated alkanes) is 13. The maximum Gasteiger partial charge on any atom is 0.0540 e. The molecular formula is C23H46O. The number of hydrogen-bond donors (Lipinski definition) is 1. The van der Waals surface area contributed by atoms with E-state index in [0.29, 0.717) is 0 Å². The van der Waals surface area contributed by atoms with Crippen molar-refractivity contribution in [3.63, 3.8) is 0 Å². The lowest BCUT2D eigenvalue weighted by atomic mass is 10.0. The molecule has 0 aliphatic heterocycles. The van der Waals surface area contributed by atoms with Crippen LogP contribution < -0.4 is 0 Å². The van der Waals surface area contributed by atoms with Crippen molar-refractivity contribution in [1.82, 2.24) is 0 Å². The molecule has 0 saturated heterocycles. The Balaban J connectivity index is 3.15. The lowest BCUT2D eigenvalue weighted by Gasteiger charge is -2.09. The van der Waals surface area contributed by atoms with Gasteiger partial charge in [0, 0.05) is 0 Å². The minimum absolute atomic E-state index is 0.0377. The Hall–Kier alpha value is -0.300. The first kappa shape index (κ1) is 23.7. The van der Waals surface area contributed by atoms with Gasteiger partial charge in [-0.1, -0.05) is 103 Å². The van der Waals surface area contributed by atoms with Crippen molar-refractivity contribution in [2.24, 2.45) is 0 Å². The normalized spacial score (nSPS) is 13.0. The summed E-state index contributed by atoms with van der Waals surface area (Å²) in [5.74, 6) is 0. The molecular weight excluding hydrogens is 292 g/mol. The van der Waals surface area contributed by atoms with E-state index in [9.17, 15) is 5.11 Å². The third-order valence-corrected chi connectivity index (χ3v) is 4.94. The van der Waals surface area contributed by atoms with Gasteiger partial charge in [0.05, 0.1) is 6.10 Å². The van der Waals surface area contributed by atoms with Crippen molar-refractivity contribution in [1.29, 1.82) is 0 Å². The van der Waals surface area contributed by atoms with E-state index in [4.69, 9.17) is 0 Å². The third kappa shape index (κ3) is 19.7. The molecule has 1 unspecified atom stereocenters. The van der Waals surface area contributed by atoms with Crippen LogP contribution in [0.2, 0.25) is 0 Å². The van der Waals surface area contributed by atoms with Crippen molar-refractivity contribution in [2.75, 3.05) is 0 Å². The molecule has 0 rings (SSSR count). The molecule has 0 aromatic heterocycles. The van der Waals surface area contributed by atoms with Crippen LogP contribution in [0.15, 0.2) is 12.2 Å². The van der Waals surface area contributed by atoms with Gasteiger partial charge in [0.25, 0.3) is 0 Å². The molecule has 0 amide bonds. The van der Waals surface area contributed by atoms with Gasteiger partial charge >= 0.3 is 0 Å². The molecule has 0 aromatic rings. The summed E-state index contributed by atoms with van der Waals surface area (Å²) in [6.07, 6.45) is 27.9. The fraction of sp³-hybridized carbons (Fsp3) is 0.913. The zero-order valence-corrected chi connectivity index (χ0v) is 16.9. The van der Waals surface area contributed by atoms with Crippen LogP contribution >= 0.6 is 0 Å². The quantitative estimate of drug-likeness (QED) is 0.187. The van der Waals surface area contributed by atoms with Crippen molar-refractivity contribution in [2.45, 2.75) is 136 Å². The summed E-state index contributed by atoms with van der Waals surface area (Å²) in [4.78, 5) is 0. The van der Waals surface area contributed by atoms with Crippen LogP contribution in [0, 0.1) is 0 Å². The highest BCUT2D eigenvalue weighted by Gasteiger charge is 2.03. The van der Waals surface area contributed by atoms with Crippen molar-refractivity contribution >= 4 is 0 Å². The van der Waals surface area contributed by atoms with Gasteiger partial charge in [-0.2, -0.15) is 0 Å². The first-order valence-corrected chi connectivity index (χ1v) is 11.1. The van der Waals surface area contributed by atoms with Crippen LogP contribution in [-0.2, 0) is 0 Å². The number of rotatable bonds is 19. The van der Waals surface area contributed by atoms with Crippen molar-refractivity contribution in [3.8, 4) is 0 Å². The van der Waals surface area contributed by atoms with Crippen LogP contribution in [0.3, 0.4) is 0 Å². The third-order valence-electron chi connectivity index (χ3n) is 4.94. The molecule has 144 valence electrons. The van der Waals surface area contributed by atoms with Crippen LogP contribution in [0.25, 0.3) is 0 Å². The second kappa shape index (κ2) is 20.7. The molecule has 1 heteroatoms. The summed E-state index contributed by atoms with van der Waals surface area (Å²) >= 11 is 0. The van der Waals surface area contributed by atoms with Gasteiger partial charge < -0.3 is 5.11 Å². The molecule has 0 fully saturated rings. The Labute approximate surface area is 153 Å². The molecule has 0 heterocycles. The molecule has 1 atom stereocenters. The minimum atomic E-state index is -0.0377. The average Bonchev–Trinajstić information content (AvgIpc) is 2.59. The minimum Gasteiger partial charge on any atom is -0.393 e. The summed E-state index contributed by atoms with van der Waals surface area (Å²) in [5, 5.41) is 9.93. The predicted molar refractivity (Wildman–Crippen MR) is 110 cm³/mol. The van der Waals surface area contributed by atoms with Gasteiger partial charge in [0.15, 0.2) is 0 Å². The average molecular weight is 339 g/mol. The van der Waals surface area contributed by atoms with Gasteiger partial charge in [0.1, 0.15) is 0 Å². The molecule has 0 radical (unpaired) electrons. The van der Waals surface area contributed by atoms with E-state index in [1.807, 2.05) is 0 Å². The molecule has 0 aliphatic carbocycles. The zero-order valence-electron chi connectivity index (χ0n) is 16.9. The Morgan fingerprint density at radius 2 is 0.917 bits per heavy atom. The SMILES string of the molecule is CCCCCCC=CCCCCCCCCC(O)CCCCCC. The lowest BCUT2D eigenvalue weighted by molar-refractivity contribution is 0.147. The molecule has 1 nitrogen and oxygen atoms in total. The van der Waals surface area contributed by atoms with Gasteiger partial charge in [-0.25, -0.2) is 0 Å². The van der Waals surface area contributed by atoms with Crippen LogP contribution in [0.1, 0.15) is 129 Å². The molecule has 0 aliphatic rings. The second-order valence-corrected chi connectivity index (χ2v) is 7.52. The molecule has 1 N–H and O–H groups in total. The standard InChI is InChI=1S/C23H46O/c1-3-5-7-9-10-11-12-13-14-15-16-17-18-20-22-23(24)21-19-8-6-4-2/h11-12,23-24H,3-10,13-22H2,1-2H3. The number of allylic oxidation sites excluding steroid dienone is 2. The summed E-state index contributed by atoms with van der Waals surface area (Å²) < 4.78 is 0. The van der Waals surface area contributed by atoms with E-state index in [0.717, 1.165) is 12.8 Å². The number of aliphatic hydroxyl groups excluding tert-OH is 1. The maximum atomic E-state index is 9.93. The first-order valence-electron chi connectivity index (χ1n) is 11.1. The highest BCUT2D eigenvalue weighted by atomic mass is 16.3. The fourth-order valence-electron chi connectivity index (χ4n) is 3.23. The van der Waals surface area contributed by atoms with Gasteiger partial charge in [-0.3, -0.25) is 0 Å². The Kier molecular flexibility index (Phi) is 20.5. The van der Waals surface area contributed by atoms with E-state index in [1.165, 1.54) is 103 Å². The van der Waals surface area contributed by atoms with E-state index in [-0.39, 0.29) is 6.10 Å². The van der Waals surface area contributed by atoms with Crippen LogP contribution in [0.5, 0.6) is 0 Å². The van der Waals surface area contributed by atoms with Crippen molar-refractivity contribution in [3.05, 3.63) is 12.2 Å². The van der Waals surface area contributed by atoms with Gasteiger partial charge in [-0.15, -0.1) is 0 Å². The first-order chi connectivity index (χ1) is 11.8.